The molecule has 0 heterocycles. The number of carboxylic acids is 1. The monoisotopic (exact) mass is 875 g/mol. The summed E-state index contributed by atoms with van der Waals surface area (Å²) in [5.74, 6) is -2.30. The van der Waals surface area contributed by atoms with Crippen LogP contribution in [0, 0.1) is 0 Å². The van der Waals surface area contributed by atoms with Crippen molar-refractivity contribution in [3.8, 4) is 0 Å². The van der Waals surface area contributed by atoms with E-state index in [-0.39, 0.29) is 24.5 Å². The Kier molecular flexibility index (Phi) is 45.7. The zero-order valence-corrected chi connectivity index (χ0v) is 40.4. The summed E-state index contributed by atoms with van der Waals surface area (Å²) in [5, 5.41) is 22.6. The largest absolute Gasteiger partial charge is 0.480 e. The molecule has 4 N–H and O–H groups in total. The van der Waals surface area contributed by atoms with Gasteiger partial charge in [0, 0.05) is 12.8 Å². The Hall–Kier alpha value is -2.68. The lowest BCUT2D eigenvalue weighted by molar-refractivity contribution is -0.150. The first-order valence-corrected chi connectivity index (χ1v) is 26.2. The normalized spacial score (nSPS) is 12.6. The van der Waals surface area contributed by atoms with Gasteiger partial charge >= 0.3 is 11.9 Å². The molecule has 0 fully saturated rings. The lowest BCUT2D eigenvalue weighted by Crippen LogP contribution is -2.47. The zero-order valence-electron chi connectivity index (χ0n) is 40.4. The Morgan fingerprint density at radius 2 is 0.839 bits per heavy atom. The van der Waals surface area contributed by atoms with Gasteiger partial charge in [0.15, 0.2) is 0 Å². The van der Waals surface area contributed by atoms with Crippen molar-refractivity contribution in [3.05, 3.63) is 24.3 Å². The molecule has 9 nitrogen and oxygen atoms in total. The molecule has 0 saturated heterocycles. The average Bonchev–Trinajstić information content (AvgIpc) is 3.26. The van der Waals surface area contributed by atoms with E-state index in [0.29, 0.717) is 19.3 Å². The summed E-state index contributed by atoms with van der Waals surface area (Å²) in [6.45, 7) is 3.50. The molecule has 0 aliphatic heterocycles. The first-order chi connectivity index (χ1) is 30.3. The van der Waals surface area contributed by atoms with Crippen LogP contribution in [0.2, 0.25) is 0 Å². The van der Waals surface area contributed by atoms with Crippen molar-refractivity contribution in [3.63, 3.8) is 0 Å². The summed E-state index contributed by atoms with van der Waals surface area (Å²) in [5.41, 5.74) is 0. The maximum Gasteiger partial charge on any atom is 0.328 e. The fourth-order valence-corrected chi connectivity index (χ4v) is 7.89. The van der Waals surface area contributed by atoms with E-state index in [2.05, 4.69) is 48.8 Å². The number of allylic oxidation sites excluding steroid dienone is 4. The number of hydrogen-bond donors (Lipinski definition) is 4. The number of nitrogens with one attached hydrogen (secondary N) is 2. The van der Waals surface area contributed by atoms with Crippen molar-refractivity contribution in [2.75, 3.05) is 13.2 Å². The molecular formula is C53H98N2O7. The summed E-state index contributed by atoms with van der Waals surface area (Å²) in [6.07, 6.45) is 55.1. The number of esters is 1. The van der Waals surface area contributed by atoms with Gasteiger partial charge in [-0.3, -0.25) is 14.4 Å². The molecule has 0 aliphatic carbocycles. The molecule has 2 atom stereocenters. The minimum Gasteiger partial charge on any atom is -0.480 e. The highest BCUT2D eigenvalue weighted by Crippen LogP contribution is 2.18. The Morgan fingerprint density at radius 1 is 0.468 bits per heavy atom. The van der Waals surface area contributed by atoms with E-state index in [1.165, 1.54) is 161 Å². The lowest BCUT2D eigenvalue weighted by Gasteiger charge is -2.18. The quantitative estimate of drug-likeness (QED) is 0.0271. The van der Waals surface area contributed by atoms with E-state index in [9.17, 15) is 19.2 Å². The van der Waals surface area contributed by atoms with Crippen LogP contribution in [-0.4, -0.2) is 59.3 Å². The van der Waals surface area contributed by atoms with Gasteiger partial charge in [-0.1, -0.05) is 192 Å². The molecule has 0 aromatic rings. The number of unbranched alkanes of at least 4 members (excludes halogenated alkanes) is 30. The summed E-state index contributed by atoms with van der Waals surface area (Å²) in [7, 11) is 0. The van der Waals surface area contributed by atoms with Crippen LogP contribution in [0.3, 0.4) is 0 Å². The van der Waals surface area contributed by atoms with Crippen LogP contribution < -0.4 is 10.6 Å². The SMILES string of the molecule is CCCCCCCC/C=C\CCCC(CCCCCCCC(=O)NCC(=O)NC(CO)C(=O)O)OC(=O)CCCCCCCCCCCCC/C=C\CCCCCCCCCC. The van der Waals surface area contributed by atoms with Crippen LogP contribution in [0.25, 0.3) is 0 Å². The Labute approximate surface area is 381 Å². The molecule has 0 spiro atoms. The zero-order chi connectivity index (χ0) is 45.4. The molecule has 2 unspecified atom stereocenters. The van der Waals surface area contributed by atoms with Crippen LogP contribution in [0.5, 0.6) is 0 Å². The Balaban J connectivity index is 4.16. The standard InChI is InChI=1S/C53H98N2O7/c1-3-5-7-9-11-13-15-16-17-18-19-20-21-22-23-24-25-26-28-30-32-37-41-45-52(59)62-48(42-38-34-31-29-27-14-12-10-8-6-4-2)43-39-35-33-36-40-44-50(57)54-46-51(58)55-49(47-56)53(60)61/h18-19,29,31,48-49,56H,3-17,20-28,30,32-47H2,1-2H3,(H,54,57)(H,55,58)(H,60,61)/b19-18-,31-29-. The molecule has 362 valence electrons. The summed E-state index contributed by atoms with van der Waals surface area (Å²) < 4.78 is 6.04. The number of rotatable bonds is 48. The van der Waals surface area contributed by atoms with Crippen LogP contribution >= 0.6 is 0 Å². The van der Waals surface area contributed by atoms with Crippen LogP contribution in [0.4, 0.5) is 0 Å². The summed E-state index contributed by atoms with van der Waals surface area (Å²) >= 11 is 0. The first kappa shape index (κ1) is 59.3. The van der Waals surface area contributed by atoms with Crippen molar-refractivity contribution in [2.45, 2.75) is 276 Å². The number of aliphatic carboxylic acids is 1. The predicted octanol–water partition coefficient (Wildman–Crippen LogP) is 13.9. The molecule has 2 amide bonds. The van der Waals surface area contributed by atoms with Gasteiger partial charge in [-0.05, 0) is 83.5 Å². The van der Waals surface area contributed by atoms with E-state index in [1.54, 1.807) is 0 Å². The van der Waals surface area contributed by atoms with E-state index in [0.717, 1.165) is 70.6 Å². The molecule has 0 aromatic carbocycles. The van der Waals surface area contributed by atoms with Gasteiger partial charge in [0.1, 0.15) is 12.1 Å². The number of carbonyl (C=O) groups excluding carboxylic acids is 3. The first-order valence-electron chi connectivity index (χ1n) is 26.2. The van der Waals surface area contributed by atoms with Gasteiger partial charge in [0.05, 0.1) is 13.2 Å². The second-order valence-electron chi connectivity index (χ2n) is 18.0. The smallest absolute Gasteiger partial charge is 0.328 e. The van der Waals surface area contributed by atoms with Crippen LogP contribution in [0.1, 0.15) is 264 Å². The molecule has 0 rings (SSSR count). The number of aliphatic hydroxyl groups excluding tert-OH is 1. The minimum atomic E-state index is -1.38. The van der Waals surface area contributed by atoms with Gasteiger partial charge in [0.25, 0.3) is 0 Å². The highest BCUT2D eigenvalue weighted by atomic mass is 16.5. The molecule has 0 bridgehead atoms. The number of carbonyl (C=O) groups is 4. The number of ether oxygens (including phenoxy) is 1. The Bertz CT molecular complexity index is 1090. The van der Waals surface area contributed by atoms with Crippen molar-refractivity contribution in [2.24, 2.45) is 0 Å². The predicted molar refractivity (Wildman–Crippen MR) is 259 cm³/mol. The second-order valence-corrected chi connectivity index (χ2v) is 18.0. The molecule has 9 heteroatoms. The van der Waals surface area contributed by atoms with Gasteiger partial charge in [0.2, 0.25) is 11.8 Å². The number of carboxylic acid groups (broad SMARTS) is 1. The van der Waals surface area contributed by atoms with E-state index in [1.807, 2.05) is 0 Å². The summed E-state index contributed by atoms with van der Waals surface area (Å²) in [4.78, 5) is 47.7. The molecular weight excluding hydrogens is 777 g/mol. The molecule has 0 aromatic heterocycles. The number of hydrogen-bond acceptors (Lipinski definition) is 6. The topological polar surface area (TPSA) is 142 Å². The van der Waals surface area contributed by atoms with Crippen LogP contribution in [-0.2, 0) is 23.9 Å². The van der Waals surface area contributed by atoms with Crippen molar-refractivity contribution < 1.29 is 34.1 Å². The van der Waals surface area contributed by atoms with Crippen molar-refractivity contribution in [1.82, 2.24) is 10.6 Å². The maximum absolute atomic E-state index is 12.9. The molecule has 62 heavy (non-hydrogen) atoms. The fourth-order valence-electron chi connectivity index (χ4n) is 7.89. The lowest BCUT2D eigenvalue weighted by atomic mass is 10.0. The third-order valence-corrected chi connectivity index (χ3v) is 11.9. The number of amides is 2. The maximum atomic E-state index is 12.9. The van der Waals surface area contributed by atoms with Gasteiger partial charge in [-0.25, -0.2) is 4.79 Å². The molecule has 0 aliphatic rings. The third kappa shape index (κ3) is 43.9. The third-order valence-electron chi connectivity index (χ3n) is 11.9. The van der Waals surface area contributed by atoms with Gasteiger partial charge in [-0.2, -0.15) is 0 Å². The highest BCUT2D eigenvalue weighted by molar-refractivity contribution is 5.87. The van der Waals surface area contributed by atoms with Gasteiger partial charge < -0.3 is 25.6 Å². The van der Waals surface area contributed by atoms with Crippen molar-refractivity contribution >= 4 is 23.8 Å². The average molecular weight is 875 g/mol. The minimum absolute atomic E-state index is 0.0426. The fraction of sp³-hybridized carbons (Fsp3) is 0.849. The number of aliphatic hydroxyl groups is 1. The van der Waals surface area contributed by atoms with E-state index in [4.69, 9.17) is 14.9 Å². The van der Waals surface area contributed by atoms with Crippen molar-refractivity contribution in [1.29, 1.82) is 0 Å². The highest BCUT2D eigenvalue weighted by Gasteiger charge is 2.19. The van der Waals surface area contributed by atoms with Crippen LogP contribution in [0.15, 0.2) is 24.3 Å². The molecule has 0 saturated carbocycles. The van der Waals surface area contributed by atoms with E-state index < -0.39 is 24.5 Å². The van der Waals surface area contributed by atoms with Gasteiger partial charge in [-0.15, -0.1) is 0 Å². The van der Waals surface area contributed by atoms with E-state index >= 15 is 0 Å². The molecule has 0 radical (unpaired) electrons. The Morgan fingerprint density at radius 3 is 1.27 bits per heavy atom. The second kappa shape index (κ2) is 47.8. The summed E-state index contributed by atoms with van der Waals surface area (Å²) in [6, 6.07) is -1.38.